The van der Waals surface area contributed by atoms with Crippen molar-refractivity contribution >= 4 is 47.0 Å². The van der Waals surface area contributed by atoms with Gasteiger partial charge in [-0.05, 0) is 78.0 Å². The molecule has 0 aliphatic carbocycles. The Balaban J connectivity index is 2.41. The van der Waals surface area contributed by atoms with Gasteiger partial charge in [0.25, 0.3) is 0 Å². The van der Waals surface area contributed by atoms with Gasteiger partial charge in [0.1, 0.15) is 0 Å². The van der Waals surface area contributed by atoms with E-state index in [0.29, 0.717) is 22.3 Å². The largest absolute Gasteiger partial charge is 0.465 e. The Bertz CT molecular complexity index is 1320. The molecule has 3 rings (SSSR count). The zero-order chi connectivity index (χ0) is 28.2. The molecular formula is C28H27O8PS. The van der Waals surface area contributed by atoms with Crippen LogP contribution in [0.3, 0.4) is 0 Å². The fraction of sp³-hybridized carbons (Fsp3) is 0.214. The summed E-state index contributed by atoms with van der Waals surface area (Å²) in [6, 6.07) is 12.5. The lowest BCUT2D eigenvalue weighted by molar-refractivity contribution is 0.0581. The van der Waals surface area contributed by atoms with Crippen LogP contribution in [-0.4, -0.2) is 65.6 Å². The van der Waals surface area contributed by atoms with Gasteiger partial charge in [0, 0.05) is 5.30 Å². The van der Waals surface area contributed by atoms with Crippen LogP contribution in [0.15, 0.2) is 54.6 Å². The van der Waals surface area contributed by atoms with Crippen molar-refractivity contribution in [3.8, 4) is 22.3 Å². The standard InChI is InChI=1S/C28H27O8PS/c1-33-25(29)18-10-16(11-19(14-18)26(30)34-2)22-8-7-9-23(24(22)37(5,6)38)17-12-20(27(31)35-3)15-21(13-17)28(32)36-4/h7-15H,1-6H3. The van der Waals surface area contributed by atoms with Crippen LogP contribution in [0.4, 0.5) is 0 Å². The molecule has 0 amide bonds. The monoisotopic (exact) mass is 554 g/mol. The molecular weight excluding hydrogens is 527 g/mol. The summed E-state index contributed by atoms with van der Waals surface area (Å²) in [5, 5.41) is 0.783. The fourth-order valence-electron chi connectivity index (χ4n) is 4.10. The first-order valence-electron chi connectivity index (χ1n) is 11.3. The first kappa shape index (κ1) is 28.8. The third-order valence-electron chi connectivity index (χ3n) is 5.75. The van der Waals surface area contributed by atoms with Crippen LogP contribution < -0.4 is 5.30 Å². The maximum atomic E-state index is 12.4. The predicted molar refractivity (Wildman–Crippen MR) is 148 cm³/mol. The molecule has 0 heterocycles. The minimum Gasteiger partial charge on any atom is -0.465 e. The topological polar surface area (TPSA) is 105 Å². The van der Waals surface area contributed by atoms with E-state index in [1.54, 1.807) is 30.3 Å². The maximum absolute atomic E-state index is 12.4. The van der Waals surface area contributed by atoms with Crippen molar-refractivity contribution in [1.29, 1.82) is 0 Å². The molecule has 0 spiro atoms. The number of carbonyl (C=O) groups is 4. The van der Waals surface area contributed by atoms with Crippen LogP contribution in [0, 0.1) is 0 Å². The van der Waals surface area contributed by atoms with Gasteiger partial charge in [0.15, 0.2) is 0 Å². The molecule has 0 fully saturated rings. The van der Waals surface area contributed by atoms with Gasteiger partial charge in [-0.2, -0.15) is 0 Å². The first-order valence-corrected chi connectivity index (χ1v) is 15.0. The number of hydrogen-bond donors (Lipinski definition) is 0. The molecule has 0 bridgehead atoms. The van der Waals surface area contributed by atoms with Crippen molar-refractivity contribution < 1.29 is 38.1 Å². The predicted octanol–water partition coefficient (Wildman–Crippen LogP) is 4.53. The van der Waals surface area contributed by atoms with Crippen molar-refractivity contribution in [3.63, 3.8) is 0 Å². The number of esters is 4. The van der Waals surface area contributed by atoms with Crippen LogP contribution in [0.25, 0.3) is 22.3 Å². The molecule has 3 aromatic rings. The summed E-state index contributed by atoms with van der Waals surface area (Å²) >= 11 is 6.00. The highest BCUT2D eigenvalue weighted by Gasteiger charge is 2.23. The van der Waals surface area contributed by atoms with Crippen molar-refractivity contribution in [2.75, 3.05) is 41.8 Å². The van der Waals surface area contributed by atoms with Gasteiger partial charge in [-0.25, -0.2) is 19.2 Å². The van der Waals surface area contributed by atoms with E-state index in [2.05, 4.69) is 0 Å². The molecule has 0 unspecified atom stereocenters. The number of methoxy groups -OCH3 is 4. The molecule has 0 N–H and O–H groups in total. The molecule has 0 saturated carbocycles. The lowest BCUT2D eigenvalue weighted by Gasteiger charge is -2.22. The van der Waals surface area contributed by atoms with Gasteiger partial charge in [0.05, 0.1) is 50.7 Å². The third kappa shape index (κ3) is 6.01. The Morgan fingerprint density at radius 3 is 1.11 bits per heavy atom. The van der Waals surface area contributed by atoms with Crippen molar-refractivity contribution in [1.82, 2.24) is 0 Å². The average Bonchev–Trinajstić information content (AvgIpc) is 2.93. The van der Waals surface area contributed by atoms with E-state index in [4.69, 9.17) is 30.8 Å². The molecule has 8 nitrogen and oxygen atoms in total. The molecule has 10 heteroatoms. The number of rotatable bonds is 7. The van der Waals surface area contributed by atoms with E-state index in [-0.39, 0.29) is 22.3 Å². The lowest BCUT2D eigenvalue weighted by Crippen LogP contribution is -2.14. The van der Waals surface area contributed by atoms with Gasteiger partial charge in [-0.1, -0.05) is 30.0 Å². The van der Waals surface area contributed by atoms with Gasteiger partial charge in [0.2, 0.25) is 0 Å². The highest BCUT2D eigenvalue weighted by Crippen LogP contribution is 2.44. The second-order valence-corrected chi connectivity index (χ2v) is 14.5. The molecule has 3 aromatic carbocycles. The fourth-order valence-corrected chi connectivity index (χ4v) is 6.26. The van der Waals surface area contributed by atoms with Crippen LogP contribution >= 0.6 is 6.04 Å². The number of hydrogen-bond acceptors (Lipinski definition) is 9. The molecule has 0 aromatic heterocycles. The number of ether oxygens (including phenoxy) is 4. The van der Waals surface area contributed by atoms with Crippen LogP contribution in [0.5, 0.6) is 0 Å². The van der Waals surface area contributed by atoms with E-state index in [1.165, 1.54) is 40.6 Å². The quantitative estimate of drug-likeness (QED) is 0.237. The van der Waals surface area contributed by atoms with Gasteiger partial charge < -0.3 is 18.9 Å². The Labute approximate surface area is 225 Å². The average molecular weight is 555 g/mol. The highest BCUT2D eigenvalue weighted by molar-refractivity contribution is 8.17. The summed E-state index contributed by atoms with van der Waals surface area (Å²) in [6.07, 6.45) is 0. The smallest absolute Gasteiger partial charge is 0.337 e. The molecule has 0 saturated heterocycles. The summed E-state index contributed by atoms with van der Waals surface area (Å²) < 4.78 is 19.5. The Morgan fingerprint density at radius 2 is 0.868 bits per heavy atom. The Hall–Kier alpha value is -3.81. The number of benzene rings is 3. The highest BCUT2D eigenvalue weighted by atomic mass is 32.4. The second kappa shape index (κ2) is 11.7. The minimum absolute atomic E-state index is 0.169. The van der Waals surface area contributed by atoms with E-state index in [9.17, 15) is 19.2 Å². The van der Waals surface area contributed by atoms with E-state index >= 15 is 0 Å². The normalized spacial score (nSPS) is 10.9. The summed E-state index contributed by atoms with van der Waals surface area (Å²) in [7, 11) is 5.02. The SMILES string of the molecule is COC(=O)c1cc(C(=O)OC)cc(-c2cccc(-c3cc(C(=O)OC)cc(C(=O)OC)c3)c2P(C)(C)=S)c1. The number of carbonyl (C=O) groups excluding carboxylic acids is 4. The van der Waals surface area contributed by atoms with Gasteiger partial charge in [-0.3, -0.25) is 0 Å². The zero-order valence-corrected chi connectivity index (χ0v) is 23.5. The minimum atomic E-state index is -2.24. The molecule has 38 heavy (non-hydrogen) atoms. The first-order chi connectivity index (χ1) is 17.9. The molecule has 0 aliphatic rings. The second-order valence-electron chi connectivity index (χ2n) is 8.62. The van der Waals surface area contributed by atoms with Crippen molar-refractivity contribution in [3.05, 3.63) is 76.9 Å². The molecule has 0 radical (unpaired) electrons. The van der Waals surface area contributed by atoms with Gasteiger partial charge in [-0.15, -0.1) is 0 Å². The van der Waals surface area contributed by atoms with Crippen LogP contribution in [0.2, 0.25) is 0 Å². The molecule has 0 aliphatic heterocycles. The van der Waals surface area contributed by atoms with Gasteiger partial charge >= 0.3 is 23.9 Å². The van der Waals surface area contributed by atoms with E-state index in [1.807, 2.05) is 25.5 Å². The zero-order valence-electron chi connectivity index (χ0n) is 21.8. The van der Waals surface area contributed by atoms with Crippen molar-refractivity contribution in [2.24, 2.45) is 0 Å². The van der Waals surface area contributed by atoms with Crippen molar-refractivity contribution in [2.45, 2.75) is 0 Å². The maximum Gasteiger partial charge on any atom is 0.337 e. The Morgan fingerprint density at radius 1 is 0.579 bits per heavy atom. The summed E-state index contributed by atoms with van der Waals surface area (Å²) in [6.45, 7) is 3.89. The lowest BCUT2D eigenvalue weighted by atomic mass is 9.94. The van der Waals surface area contributed by atoms with Crippen LogP contribution in [0.1, 0.15) is 41.4 Å². The molecule has 198 valence electrons. The van der Waals surface area contributed by atoms with E-state index in [0.717, 1.165) is 5.30 Å². The summed E-state index contributed by atoms with van der Waals surface area (Å²) in [4.78, 5) is 49.7. The van der Waals surface area contributed by atoms with E-state index < -0.39 is 29.9 Å². The van der Waals surface area contributed by atoms with Crippen LogP contribution in [-0.2, 0) is 30.8 Å². The summed E-state index contributed by atoms with van der Waals surface area (Å²) in [5.41, 5.74) is 3.17. The summed E-state index contributed by atoms with van der Waals surface area (Å²) in [5.74, 6) is -2.46. The third-order valence-corrected chi connectivity index (χ3v) is 7.85. The Kier molecular flexibility index (Phi) is 8.86. The molecule has 0 atom stereocenters.